The molecule has 0 saturated heterocycles. The van der Waals surface area contributed by atoms with Crippen molar-refractivity contribution in [2.75, 3.05) is 0 Å². The molecule has 3 rings (SSSR count). The van der Waals surface area contributed by atoms with Gasteiger partial charge < -0.3 is 9.84 Å². The molecule has 1 saturated carbocycles. The van der Waals surface area contributed by atoms with Gasteiger partial charge in [0.2, 0.25) is 11.6 Å². The molecule has 2 heterocycles. The molecule has 2 aromatic heterocycles. The first-order valence-electron chi connectivity index (χ1n) is 6.38. The summed E-state index contributed by atoms with van der Waals surface area (Å²) in [6.45, 7) is 0. The van der Waals surface area contributed by atoms with Crippen LogP contribution < -0.4 is 4.74 Å². The number of carboxylic acids is 1. The predicted octanol–water partition coefficient (Wildman–Crippen LogP) is 1.24. The first-order valence-corrected chi connectivity index (χ1v) is 6.38. The third-order valence-corrected chi connectivity index (χ3v) is 3.08. The number of ether oxygens (including phenoxy) is 1. The third-order valence-electron chi connectivity index (χ3n) is 3.08. The van der Waals surface area contributed by atoms with Gasteiger partial charge in [-0.25, -0.2) is 19.9 Å². The van der Waals surface area contributed by atoms with Crippen LogP contribution in [-0.4, -0.2) is 36.5 Å². The summed E-state index contributed by atoms with van der Waals surface area (Å²) in [5, 5.41) is 18.1. The number of hydrogen-bond acceptors (Lipinski definition) is 6. The number of carboxylic acid groups (broad SMARTS) is 1. The molecule has 106 valence electrons. The van der Waals surface area contributed by atoms with Gasteiger partial charge in [-0.2, -0.15) is 0 Å². The van der Waals surface area contributed by atoms with E-state index in [1.165, 1.54) is 18.8 Å². The summed E-state index contributed by atoms with van der Waals surface area (Å²) in [5.74, 6) is 5.33. The molecule has 0 amide bonds. The molecule has 8 nitrogen and oxygen atoms in total. The number of aromatic carboxylic acids is 1. The van der Waals surface area contributed by atoms with Gasteiger partial charge in [0.05, 0.1) is 0 Å². The van der Waals surface area contributed by atoms with E-state index in [1.807, 2.05) is 0 Å². The Hall–Kier alpha value is -2.95. The van der Waals surface area contributed by atoms with Gasteiger partial charge in [0, 0.05) is 12.0 Å². The monoisotopic (exact) mass is 285 g/mol. The Kier molecular flexibility index (Phi) is 3.47. The van der Waals surface area contributed by atoms with Crippen LogP contribution in [0.1, 0.15) is 35.4 Å². The first kappa shape index (κ1) is 13.1. The number of aromatic nitrogens is 5. The third kappa shape index (κ3) is 2.97. The van der Waals surface area contributed by atoms with Crippen LogP contribution in [0.25, 0.3) is 0 Å². The fraction of sp³-hybridized carbons (Fsp3) is 0.308. The molecule has 0 bridgehead atoms. The molecular formula is C13H11N5O3. The van der Waals surface area contributed by atoms with Gasteiger partial charge in [-0.3, -0.25) is 0 Å². The average molecular weight is 285 g/mol. The van der Waals surface area contributed by atoms with Gasteiger partial charge in [-0.15, -0.1) is 0 Å². The summed E-state index contributed by atoms with van der Waals surface area (Å²) < 4.78 is 5.29. The number of nitrogens with zero attached hydrogens (tertiary/aromatic N) is 4. The van der Waals surface area contributed by atoms with Crippen molar-refractivity contribution in [1.82, 2.24) is 25.4 Å². The van der Waals surface area contributed by atoms with E-state index in [0.29, 0.717) is 11.6 Å². The van der Waals surface area contributed by atoms with E-state index in [4.69, 9.17) is 9.84 Å². The molecule has 0 atom stereocenters. The Labute approximate surface area is 119 Å². The molecule has 0 aliphatic heterocycles. The van der Waals surface area contributed by atoms with Crippen LogP contribution in [0, 0.1) is 17.8 Å². The largest absolute Gasteiger partial charge is 0.476 e. The molecule has 8 heteroatoms. The molecule has 0 unspecified atom stereocenters. The highest BCUT2D eigenvalue weighted by atomic mass is 16.5. The summed E-state index contributed by atoms with van der Waals surface area (Å²) in [7, 11) is 0. The van der Waals surface area contributed by atoms with E-state index in [9.17, 15) is 4.79 Å². The zero-order valence-electron chi connectivity index (χ0n) is 10.9. The van der Waals surface area contributed by atoms with Gasteiger partial charge in [0.15, 0.2) is 0 Å². The molecule has 0 aromatic carbocycles. The molecule has 21 heavy (non-hydrogen) atoms. The number of carbonyl (C=O) groups is 1. The Morgan fingerprint density at radius 3 is 3.00 bits per heavy atom. The number of rotatable bonds is 3. The number of nitrogens with one attached hydrogen (secondary N) is 1. The van der Waals surface area contributed by atoms with Crippen LogP contribution in [0.5, 0.6) is 11.8 Å². The minimum Gasteiger partial charge on any atom is -0.476 e. The van der Waals surface area contributed by atoms with Gasteiger partial charge in [-0.05, 0) is 18.8 Å². The predicted molar refractivity (Wildman–Crippen MR) is 69.7 cm³/mol. The SMILES string of the molecule is O=C(O)c1[nH]nnc1Oc1cc(C#CC2CCC2)ncn1. The van der Waals surface area contributed by atoms with Crippen LogP contribution in [0.15, 0.2) is 12.4 Å². The Balaban J connectivity index is 1.77. The van der Waals surface area contributed by atoms with Crippen molar-refractivity contribution in [2.45, 2.75) is 19.3 Å². The summed E-state index contributed by atoms with van der Waals surface area (Å²) in [4.78, 5) is 18.8. The Morgan fingerprint density at radius 1 is 1.43 bits per heavy atom. The molecular weight excluding hydrogens is 274 g/mol. The maximum atomic E-state index is 10.9. The molecule has 2 aromatic rings. The molecule has 1 aliphatic rings. The molecule has 0 spiro atoms. The lowest BCUT2D eigenvalue weighted by Crippen LogP contribution is -2.07. The Morgan fingerprint density at radius 2 is 2.29 bits per heavy atom. The summed E-state index contributed by atoms with van der Waals surface area (Å²) in [6, 6.07) is 1.53. The lowest BCUT2D eigenvalue weighted by molar-refractivity contribution is 0.0687. The molecule has 1 aliphatic carbocycles. The topological polar surface area (TPSA) is 114 Å². The van der Waals surface area contributed by atoms with Crippen molar-refractivity contribution in [3.8, 4) is 23.6 Å². The second kappa shape index (κ2) is 5.58. The van der Waals surface area contributed by atoms with Crippen molar-refractivity contribution < 1.29 is 14.6 Å². The fourth-order valence-electron chi connectivity index (χ4n) is 1.72. The number of H-pyrrole nitrogens is 1. The Bertz CT molecular complexity index is 727. The van der Waals surface area contributed by atoms with E-state index in [2.05, 4.69) is 37.2 Å². The molecule has 1 fully saturated rings. The standard InChI is InChI=1S/C13H11N5O3/c19-13(20)11-12(17-18-16-11)21-10-6-9(14-7-15-10)5-4-8-2-1-3-8/h6-8H,1-3H2,(H,19,20)(H,16,17,18). The second-order valence-corrected chi connectivity index (χ2v) is 4.54. The maximum absolute atomic E-state index is 10.9. The van der Waals surface area contributed by atoms with Gasteiger partial charge in [0.25, 0.3) is 5.88 Å². The minimum absolute atomic E-state index is 0.154. The van der Waals surface area contributed by atoms with Crippen molar-refractivity contribution in [1.29, 1.82) is 0 Å². The van der Waals surface area contributed by atoms with E-state index >= 15 is 0 Å². The van der Waals surface area contributed by atoms with Crippen LogP contribution in [0.4, 0.5) is 0 Å². The lowest BCUT2D eigenvalue weighted by Gasteiger charge is -2.18. The average Bonchev–Trinajstić information content (AvgIpc) is 2.86. The number of aromatic amines is 1. The van der Waals surface area contributed by atoms with E-state index in [0.717, 1.165) is 12.8 Å². The van der Waals surface area contributed by atoms with Crippen LogP contribution in [0.2, 0.25) is 0 Å². The maximum Gasteiger partial charge on any atom is 0.359 e. The van der Waals surface area contributed by atoms with E-state index in [1.54, 1.807) is 0 Å². The van der Waals surface area contributed by atoms with E-state index < -0.39 is 5.97 Å². The quantitative estimate of drug-likeness (QED) is 0.815. The van der Waals surface area contributed by atoms with Crippen LogP contribution >= 0.6 is 0 Å². The van der Waals surface area contributed by atoms with Crippen LogP contribution in [-0.2, 0) is 0 Å². The zero-order valence-corrected chi connectivity index (χ0v) is 10.9. The highest BCUT2D eigenvalue weighted by Gasteiger charge is 2.17. The van der Waals surface area contributed by atoms with Crippen molar-refractivity contribution >= 4 is 5.97 Å². The number of hydrogen-bond donors (Lipinski definition) is 2. The zero-order chi connectivity index (χ0) is 14.7. The van der Waals surface area contributed by atoms with Crippen LogP contribution in [0.3, 0.4) is 0 Å². The van der Waals surface area contributed by atoms with Crippen molar-refractivity contribution in [3.63, 3.8) is 0 Å². The van der Waals surface area contributed by atoms with Crippen molar-refractivity contribution in [2.24, 2.45) is 5.92 Å². The normalized spacial score (nSPS) is 13.9. The smallest absolute Gasteiger partial charge is 0.359 e. The summed E-state index contributed by atoms with van der Waals surface area (Å²) in [5.41, 5.74) is 0.281. The highest BCUT2D eigenvalue weighted by Crippen LogP contribution is 2.25. The van der Waals surface area contributed by atoms with E-state index in [-0.39, 0.29) is 17.5 Å². The summed E-state index contributed by atoms with van der Waals surface area (Å²) >= 11 is 0. The van der Waals surface area contributed by atoms with Gasteiger partial charge in [-0.1, -0.05) is 22.7 Å². The fourth-order valence-corrected chi connectivity index (χ4v) is 1.72. The molecule has 2 N–H and O–H groups in total. The van der Waals surface area contributed by atoms with Gasteiger partial charge >= 0.3 is 5.97 Å². The second-order valence-electron chi connectivity index (χ2n) is 4.54. The first-order chi connectivity index (χ1) is 10.2. The molecule has 0 radical (unpaired) electrons. The summed E-state index contributed by atoms with van der Waals surface area (Å²) in [6.07, 6.45) is 4.78. The van der Waals surface area contributed by atoms with Gasteiger partial charge in [0.1, 0.15) is 12.0 Å². The highest BCUT2D eigenvalue weighted by molar-refractivity contribution is 5.87. The van der Waals surface area contributed by atoms with Crippen molar-refractivity contribution in [3.05, 3.63) is 23.8 Å². The lowest BCUT2D eigenvalue weighted by atomic mass is 9.86. The minimum atomic E-state index is -1.21.